The fourth-order valence-electron chi connectivity index (χ4n) is 3.29. The van der Waals surface area contributed by atoms with Crippen LogP contribution in [0.2, 0.25) is 0 Å². The summed E-state index contributed by atoms with van der Waals surface area (Å²) in [4.78, 5) is 11.7. The topological polar surface area (TPSA) is 80.7 Å². The first-order valence-corrected chi connectivity index (χ1v) is 10.6. The summed E-state index contributed by atoms with van der Waals surface area (Å²) < 4.78 is 104. The highest BCUT2D eigenvalue weighted by Crippen LogP contribution is 2.38. The van der Waals surface area contributed by atoms with E-state index in [2.05, 4.69) is 4.18 Å². The third-order valence-corrected chi connectivity index (χ3v) is 5.79. The predicted octanol–water partition coefficient (Wildman–Crippen LogP) is 6.01. The maximum Gasteiger partial charge on any atom is 0.534 e. The molecule has 0 aliphatic carbocycles. The summed E-state index contributed by atoms with van der Waals surface area (Å²) in [5.74, 6) is -2.36. The molecule has 12 heteroatoms. The number of carboxylic acids is 1. The average Bonchev–Trinajstić information content (AvgIpc) is 2.71. The second-order valence-electron chi connectivity index (χ2n) is 6.88. The first-order valence-electron chi connectivity index (χ1n) is 9.17. The average molecular weight is 492 g/mol. The Hall–Kier alpha value is -3.28. The van der Waals surface area contributed by atoms with Crippen molar-refractivity contribution in [2.75, 3.05) is 0 Å². The second-order valence-corrected chi connectivity index (χ2v) is 8.42. The normalized spacial score (nSPS) is 12.7. The molecule has 0 atom stereocenters. The van der Waals surface area contributed by atoms with E-state index in [-0.39, 0.29) is 22.8 Å². The van der Waals surface area contributed by atoms with Gasteiger partial charge in [0.25, 0.3) is 0 Å². The van der Waals surface area contributed by atoms with Crippen molar-refractivity contribution >= 4 is 26.9 Å². The van der Waals surface area contributed by atoms with Crippen molar-refractivity contribution in [1.82, 2.24) is 0 Å². The van der Waals surface area contributed by atoms with Crippen LogP contribution in [0, 0.1) is 0 Å². The molecule has 0 unspecified atom stereocenters. The molecule has 176 valence electrons. The molecule has 0 saturated heterocycles. The second kappa shape index (κ2) is 8.25. The highest BCUT2D eigenvalue weighted by Gasteiger charge is 2.48. The van der Waals surface area contributed by atoms with Gasteiger partial charge in [0, 0.05) is 5.39 Å². The van der Waals surface area contributed by atoms with Crippen molar-refractivity contribution in [1.29, 1.82) is 0 Å². The van der Waals surface area contributed by atoms with E-state index < -0.39 is 44.6 Å². The number of benzene rings is 3. The molecule has 0 saturated carbocycles. The molecule has 3 rings (SSSR count). The number of carboxylic acid groups (broad SMARTS) is 1. The molecule has 0 radical (unpaired) electrons. The van der Waals surface area contributed by atoms with Crippen LogP contribution in [0.4, 0.5) is 26.3 Å². The Morgan fingerprint density at radius 1 is 0.909 bits per heavy atom. The molecular formula is C21H14F6O5S. The van der Waals surface area contributed by atoms with Crippen LogP contribution in [-0.4, -0.2) is 25.0 Å². The fourth-order valence-corrected chi connectivity index (χ4v) is 3.76. The molecule has 0 aromatic heterocycles. The van der Waals surface area contributed by atoms with E-state index in [1.807, 2.05) is 0 Å². The van der Waals surface area contributed by atoms with E-state index in [1.165, 1.54) is 30.3 Å². The van der Waals surface area contributed by atoms with E-state index in [0.717, 1.165) is 12.1 Å². The fraction of sp³-hybridized carbons (Fsp3) is 0.190. The Kier molecular flexibility index (Phi) is 6.09. The first kappa shape index (κ1) is 24.4. The molecule has 33 heavy (non-hydrogen) atoms. The highest BCUT2D eigenvalue weighted by atomic mass is 32.2. The lowest BCUT2D eigenvalue weighted by Crippen LogP contribution is -2.28. The Morgan fingerprint density at radius 2 is 1.48 bits per heavy atom. The van der Waals surface area contributed by atoms with Crippen LogP contribution in [0.5, 0.6) is 5.75 Å². The molecule has 3 aromatic rings. The molecule has 1 N–H and O–H groups in total. The van der Waals surface area contributed by atoms with E-state index in [0.29, 0.717) is 17.2 Å². The lowest BCUT2D eigenvalue weighted by molar-refractivity contribution is -0.137. The minimum Gasteiger partial charge on any atom is -0.478 e. The highest BCUT2D eigenvalue weighted by molar-refractivity contribution is 7.88. The number of rotatable bonds is 5. The number of halogens is 6. The molecule has 0 bridgehead atoms. The van der Waals surface area contributed by atoms with E-state index in [1.54, 1.807) is 6.92 Å². The van der Waals surface area contributed by atoms with E-state index >= 15 is 0 Å². The smallest absolute Gasteiger partial charge is 0.478 e. The predicted molar refractivity (Wildman–Crippen MR) is 106 cm³/mol. The van der Waals surface area contributed by atoms with Crippen LogP contribution in [-0.2, 0) is 22.7 Å². The number of fused-ring (bicyclic) bond motifs is 1. The van der Waals surface area contributed by atoms with Crippen LogP contribution in [0.15, 0.2) is 48.5 Å². The van der Waals surface area contributed by atoms with Gasteiger partial charge in [0.2, 0.25) is 0 Å². The Bertz CT molecular complexity index is 1330. The lowest BCUT2D eigenvalue weighted by Gasteiger charge is -2.16. The molecule has 0 aliphatic rings. The van der Waals surface area contributed by atoms with Crippen molar-refractivity contribution in [3.63, 3.8) is 0 Å². The van der Waals surface area contributed by atoms with Crippen LogP contribution >= 0.6 is 0 Å². The standard InChI is InChI=1S/C21H14F6O5S/c1-2-14-16-9-12(11-3-6-13(7-4-11)20(22,23)24)5-8-15(16)18(10-17(14)19(28)29)32-33(30,31)21(25,26)27/h3-10H,2H2,1H3,(H,28,29). The largest absolute Gasteiger partial charge is 0.534 e. The van der Waals surface area contributed by atoms with Gasteiger partial charge in [-0.05, 0) is 58.8 Å². The Balaban J connectivity index is 2.24. The maximum absolute atomic E-state index is 12.8. The van der Waals surface area contributed by atoms with E-state index in [4.69, 9.17) is 0 Å². The summed E-state index contributed by atoms with van der Waals surface area (Å²) >= 11 is 0. The third-order valence-electron chi connectivity index (χ3n) is 4.82. The lowest BCUT2D eigenvalue weighted by atomic mass is 9.93. The van der Waals surface area contributed by atoms with Gasteiger partial charge in [-0.15, -0.1) is 0 Å². The molecule has 3 aromatic carbocycles. The molecule has 0 spiro atoms. The monoisotopic (exact) mass is 492 g/mol. The molecule has 0 aliphatic heterocycles. The molecule has 0 amide bonds. The summed E-state index contributed by atoms with van der Waals surface area (Å²) in [5, 5.41) is 9.47. The summed E-state index contributed by atoms with van der Waals surface area (Å²) in [6, 6.07) is 8.67. The van der Waals surface area contributed by atoms with Gasteiger partial charge in [-0.2, -0.15) is 34.8 Å². The van der Waals surface area contributed by atoms with Crippen molar-refractivity contribution in [3.8, 4) is 16.9 Å². The third kappa shape index (κ3) is 4.75. The van der Waals surface area contributed by atoms with Gasteiger partial charge >= 0.3 is 27.8 Å². The van der Waals surface area contributed by atoms with Gasteiger partial charge in [0.1, 0.15) is 0 Å². The van der Waals surface area contributed by atoms with Gasteiger partial charge in [-0.3, -0.25) is 0 Å². The molecular weight excluding hydrogens is 478 g/mol. The number of alkyl halides is 6. The van der Waals surface area contributed by atoms with E-state index in [9.17, 15) is 44.7 Å². The minimum absolute atomic E-state index is 0.0853. The maximum atomic E-state index is 12.8. The SMILES string of the molecule is CCc1c(C(=O)O)cc(OS(=O)(=O)C(F)(F)F)c2ccc(-c3ccc(C(F)(F)F)cc3)cc12. The number of hydrogen-bond donors (Lipinski definition) is 1. The number of aromatic carboxylic acids is 1. The minimum atomic E-state index is -6.08. The number of hydrogen-bond acceptors (Lipinski definition) is 4. The van der Waals surface area contributed by atoms with Gasteiger partial charge in [-0.25, -0.2) is 4.79 Å². The van der Waals surface area contributed by atoms with Gasteiger partial charge in [0.05, 0.1) is 11.1 Å². The Labute approximate surface area is 183 Å². The zero-order valence-corrected chi connectivity index (χ0v) is 17.4. The summed E-state index contributed by atoms with van der Waals surface area (Å²) in [6.45, 7) is 1.58. The van der Waals surface area contributed by atoms with Crippen molar-refractivity contribution in [2.24, 2.45) is 0 Å². The summed E-state index contributed by atoms with van der Waals surface area (Å²) in [6.07, 6.45) is -4.44. The quantitative estimate of drug-likeness (QED) is 0.268. The van der Waals surface area contributed by atoms with Gasteiger partial charge < -0.3 is 9.29 Å². The van der Waals surface area contributed by atoms with Gasteiger partial charge in [-0.1, -0.05) is 25.1 Å². The molecule has 5 nitrogen and oxygen atoms in total. The Morgan fingerprint density at radius 3 is 1.97 bits per heavy atom. The zero-order valence-electron chi connectivity index (χ0n) is 16.6. The molecule has 0 fully saturated rings. The summed E-state index contributed by atoms with van der Waals surface area (Å²) in [7, 11) is -6.08. The zero-order chi connectivity index (χ0) is 24.8. The summed E-state index contributed by atoms with van der Waals surface area (Å²) in [5.41, 5.74) is -6.27. The van der Waals surface area contributed by atoms with Crippen molar-refractivity contribution in [2.45, 2.75) is 25.0 Å². The van der Waals surface area contributed by atoms with Crippen LogP contribution in [0.3, 0.4) is 0 Å². The first-order chi connectivity index (χ1) is 15.2. The van der Waals surface area contributed by atoms with Gasteiger partial charge in [0.15, 0.2) is 5.75 Å². The van der Waals surface area contributed by atoms with Crippen molar-refractivity contribution in [3.05, 3.63) is 65.2 Å². The van der Waals surface area contributed by atoms with Crippen LogP contribution in [0.25, 0.3) is 21.9 Å². The van der Waals surface area contributed by atoms with Crippen LogP contribution in [0.1, 0.15) is 28.4 Å². The van der Waals surface area contributed by atoms with Crippen LogP contribution < -0.4 is 4.18 Å². The number of aryl methyl sites for hydroxylation is 1. The molecule has 0 heterocycles. The van der Waals surface area contributed by atoms with Crippen molar-refractivity contribution < 1.29 is 48.8 Å². The number of carbonyl (C=O) groups is 1.